The molecule has 0 fully saturated rings. The van der Waals surface area contributed by atoms with Crippen molar-refractivity contribution in [3.63, 3.8) is 0 Å². The molecular formula is C24H17N3O4S. The highest BCUT2D eigenvalue weighted by Crippen LogP contribution is 2.44. The Bertz CT molecular complexity index is 1390. The predicted molar refractivity (Wildman–Crippen MR) is 124 cm³/mol. The molecule has 0 unspecified atom stereocenters. The number of carboxylic acid groups (broad SMARTS) is 1. The van der Waals surface area contributed by atoms with E-state index < -0.39 is 12.1 Å². The molecule has 8 heteroatoms. The molecule has 0 atom stereocenters. The second-order valence-electron chi connectivity index (χ2n) is 6.91. The van der Waals surface area contributed by atoms with Crippen molar-refractivity contribution in [2.24, 2.45) is 0 Å². The molecule has 4 aromatic rings. The van der Waals surface area contributed by atoms with Gasteiger partial charge in [-0.25, -0.2) is 19.4 Å². The first kappa shape index (κ1) is 21.0. The first-order valence-corrected chi connectivity index (χ1v) is 10.4. The van der Waals surface area contributed by atoms with Gasteiger partial charge in [0.15, 0.2) is 0 Å². The van der Waals surface area contributed by atoms with Gasteiger partial charge in [0.2, 0.25) is 5.69 Å². The molecule has 0 aliphatic heterocycles. The maximum atomic E-state index is 12.0. The average Bonchev–Trinajstić information content (AvgIpc) is 3.17. The minimum absolute atomic E-state index is 0.124. The fraction of sp³-hybridized carbons (Fsp3) is 0.0833. The van der Waals surface area contributed by atoms with Crippen LogP contribution in [0.4, 0.5) is 16.3 Å². The number of carboxylic acids is 1. The topological polar surface area (TPSA) is 92.9 Å². The van der Waals surface area contributed by atoms with Crippen molar-refractivity contribution >= 4 is 45.7 Å². The number of aromatic nitrogens is 1. The molecule has 1 amide bonds. The third-order valence-electron chi connectivity index (χ3n) is 4.92. The summed E-state index contributed by atoms with van der Waals surface area (Å²) in [6.07, 6.45) is 1.13. The van der Waals surface area contributed by atoms with E-state index in [1.807, 2.05) is 42.5 Å². The lowest BCUT2D eigenvalue weighted by molar-refractivity contribution is 0.0701. The van der Waals surface area contributed by atoms with E-state index in [4.69, 9.17) is 6.57 Å². The molecule has 0 aliphatic rings. The Hall–Kier alpha value is -4.22. The number of hydrogen-bond acceptors (Lipinski definition) is 5. The van der Waals surface area contributed by atoms with Crippen molar-refractivity contribution in [3.8, 4) is 10.4 Å². The summed E-state index contributed by atoms with van der Waals surface area (Å²) in [5.74, 6) is -0.837. The summed E-state index contributed by atoms with van der Waals surface area (Å²) in [6, 6.07) is 17.1. The number of anilines is 1. The van der Waals surface area contributed by atoms with E-state index in [2.05, 4.69) is 19.9 Å². The maximum Gasteiger partial charge on any atom is 0.412 e. The van der Waals surface area contributed by atoms with Gasteiger partial charge in [-0.1, -0.05) is 42.5 Å². The van der Waals surface area contributed by atoms with Gasteiger partial charge in [0.05, 0.1) is 13.7 Å². The van der Waals surface area contributed by atoms with Gasteiger partial charge >= 0.3 is 12.1 Å². The number of fused-ring (bicyclic) bond motifs is 1. The summed E-state index contributed by atoms with van der Waals surface area (Å²) in [5.41, 5.74) is 2.27. The van der Waals surface area contributed by atoms with Gasteiger partial charge in [0.1, 0.15) is 10.7 Å². The van der Waals surface area contributed by atoms with Crippen LogP contribution in [0.2, 0.25) is 0 Å². The second-order valence-corrected chi connectivity index (χ2v) is 7.93. The highest BCUT2D eigenvalue weighted by atomic mass is 32.1. The highest BCUT2D eigenvalue weighted by Gasteiger charge is 2.24. The number of pyridine rings is 1. The quantitative estimate of drug-likeness (QED) is 0.370. The van der Waals surface area contributed by atoms with Crippen LogP contribution >= 0.6 is 11.3 Å². The van der Waals surface area contributed by atoms with Crippen molar-refractivity contribution in [3.05, 3.63) is 88.2 Å². The number of carbonyl (C=O) groups is 2. The van der Waals surface area contributed by atoms with Gasteiger partial charge in [0, 0.05) is 11.1 Å². The minimum atomic E-state index is -1.08. The van der Waals surface area contributed by atoms with Gasteiger partial charge in [-0.05, 0) is 46.0 Å². The minimum Gasteiger partial charge on any atom is -0.477 e. The molecule has 4 rings (SSSR count). The van der Waals surface area contributed by atoms with Crippen molar-refractivity contribution in [2.45, 2.75) is 6.42 Å². The van der Waals surface area contributed by atoms with Crippen LogP contribution in [0.25, 0.3) is 26.1 Å². The average molecular weight is 443 g/mol. The number of hydrogen-bond donors (Lipinski definition) is 2. The summed E-state index contributed by atoms with van der Waals surface area (Å²) in [6.45, 7) is 7.76. The monoisotopic (exact) mass is 443 g/mol. The van der Waals surface area contributed by atoms with Crippen LogP contribution in [0.15, 0.2) is 60.8 Å². The third kappa shape index (κ3) is 4.15. The normalized spacial score (nSPS) is 10.5. The lowest BCUT2D eigenvalue weighted by Gasteiger charge is -2.06. The summed E-state index contributed by atoms with van der Waals surface area (Å²) >= 11 is 1.04. The lowest BCUT2D eigenvalue weighted by Crippen LogP contribution is -2.11. The van der Waals surface area contributed by atoms with Gasteiger partial charge < -0.3 is 9.84 Å². The number of benzene rings is 2. The zero-order valence-corrected chi connectivity index (χ0v) is 17.8. The predicted octanol–water partition coefficient (Wildman–Crippen LogP) is 5.98. The van der Waals surface area contributed by atoms with Crippen LogP contribution in [0, 0.1) is 6.57 Å². The Morgan fingerprint density at radius 1 is 1.16 bits per heavy atom. The van der Waals surface area contributed by atoms with Crippen LogP contribution in [0.5, 0.6) is 0 Å². The molecule has 0 radical (unpaired) electrons. The largest absolute Gasteiger partial charge is 0.477 e. The van der Waals surface area contributed by atoms with E-state index in [-0.39, 0.29) is 16.4 Å². The number of ether oxygens (including phenoxy) is 1. The SMILES string of the molecule is [C-]#[N+]c1c(-c2ccnc(NC(=O)OC)c2)sc(C(=O)O)c1Cc1ccc2ccccc2c1. The van der Waals surface area contributed by atoms with E-state index in [0.717, 1.165) is 27.7 Å². The first-order chi connectivity index (χ1) is 15.5. The molecule has 2 aromatic carbocycles. The number of carbonyl (C=O) groups excluding carboxylic acids is 1. The molecule has 0 saturated heterocycles. The van der Waals surface area contributed by atoms with Gasteiger partial charge in [0.25, 0.3) is 0 Å². The smallest absolute Gasteiger partial charge is 0.412 e. The summed E-state index contributed by atoms with van der Waals surface area (Å²) < 4.78 is 4.58. The number of nitrogens with one attached hydrogen (secondary N) is 1. The Morgan fingerprint density at radius 2 is 1.94 bits per heavy atom. The van der Waals surface area contributed by atoms with E-state index in [1.165, 1.54) is 13.3 Å². The lowest BCUT2D eigenvalue weighted by atomic mass is 9.99. The summed E-state index contributed by atoms with van der Waals surface area (Å²) in [7, 11) is 1.24. The molecule has 2 aromatic heterocycles. The van der Waals surface area contributed by atoms with Crippen LogP contribution in [0.1, 0.15) is 20.8 Å². The third-order valence-corrected chi connectivity index (χ3v) is 6.18. The number of amides is 1. The van der Waals surface area contributed by atoms with Crippen LogP contribution in [0.3, 0.4) is 0 Å². The molecule has 2 heterocycles. The van der Waals surface area contributed by atoms with Crippen molar-refractivity contribution in [1.82, 2.24) is 4.98 Å². The molecule has 32 heavy (non-hydrogen) atoms. The van der Waals surface area contributed by atoms with Gasteiger partial charge in [-0.3, -0.25) is 5.32 Å². The van der Waals surface area contributed by atoms with Gasteiger partial charge in [-0.15, -0.1) is 11.3 Å². The highest BCUT2D eigenvalue weighted by molar-refractivity contribution is 7.18. The van der Waals surface area contributed by atoms with Crippen LogP contribution in [-0.4, -0.2) is 29.3 Å². The number of nitrogens with zero attached hydrogens (tertiary/aromatic N) is 2. The molecule has 158 valence electrons. The molecule has 0 bridgehead atoms. The Labute approximate surface area is 187 Å². The first-order valence-electron chi connectivity index (χ1n) is 9.55. The molecule has 7 nitrogen and oxygen atoms in total. The zero-order valence-electron chi connectivity index (χ0n) is 17.0. The van der Waals surface area contributed by atoms with E-state index >= 15 is 0 Å². The van der Waals surface area contributed by atoms with Crippen LogP contribution in [-0.2, 0) is 11.2 Å². The number of methoxy groups -OCH3 is 1. The van der Waals surface area contributed by atoms with Crippen molar-refractivity contribution in [1.29, 1.82) is 0 Å². The van der Waals surface area contributed by atoms with Crippen LogP contribution < -0.4 is 5.32 Å². The van der Waals surface area contributed by atoms with Crippen molar-refractivity contribution < 1.29 is 19.4 Å². The maximum absolute atomic E-state index is 12.0. The Balaban J connectivity index is 1.78. The molecule has 0 spiro atoms. The second kappa shape index (κ2) is 8.88. The fourth-order valence-electron chi connectivity index (χ4n) is 3.46. The van der Waals surface area contributed by atoms with E-state index in [1.54, 1.807) is 12.1 Å². The van der Waals surface area contributed by atoms with Gasteiger partial charge in [-0.2, -0.15) is 0 Å². The zero-order chi connectivity index (χ0) is 22.7. The van der Waals surface area contributed by atoms with E-state index in [0.29, 0.717) is 22.4 Å². The van der Waals surface area contributed by atoms with E-state index in [9.17, 15) is 14.7 Å². The standard InChI is InChI=1S/C24H17N3O4S/c1-25-20-18(12-14-7-8-15-5-3-4-6-16(15)11-14)22(23(28)29)32-21(20)17-9-10-26-19(13-17)27-24(30)31-2/h3-11,13H,12H2,2H3,(H,28,29)(H,26,27,30). The molecule has 2 N–H and O–H groups in total. The summed E-state index contributed by atoms with van der Waals surface area (Å²) in [5, 5.41) is 14.4. The Morgan fingerprint density at radius 3 is 2.66 bits per heavy atom. The summed E-state index contributed by atoms with van der Waals surface area (Å²) in [4.78, 5) is 31.9. The molecular weight excluding hydrogens is 426 g/mol. The van der Waals surface area contributed by atoms with Crippen molar-refractivity contribution in [2.75, 3.05) is 12.4 Å². The number of aromatic carboxylic acids is 1. The molecule has 0 aliphatic carbocycles. The number of rotatable bonds is 5. The fourth-order valence-corrected chi connectivity index (χ4v) is 4.55. The Kier molecular flexibility index (Phi) is 5.83. The molecule has 0 saturated carbocycles. The number of thiophene rings is 1.